The van der Waals surface area contributed by atoms with Gasteiger partial charge >= 0.3 is 0 Å². The Morgan fingerprint density at radius 1 is 1.48 bits per heavy atom. The van der Waals surface area contributed by atoms with E-state index in [4.69, 9.17) is 16.3 Å². The maximum Gasteiger partial charge on any atom is 0.230 e. The number of halogens is 1. The summed E-state index contributed by atoms with van der Waals surface area (Å²) in [7, 11) is 1.83. The number of nitrogens with zero attached hydrogens (tertiary/aromatic N) is 3. The molecule has 6 nitrogen and oxygen atoms in total. The third kappa shape index (κ3) is 5.01. The van der Waals surface area contributed by atoms with Crippen molar-refractivity contribution in [3.63, 3.8) is 0 Å². The lowest BCUT2D eigenvalue weighted by molar-refractivity contribution is -0.118. The predicted molar refractivity (Wildman–Crippen MR) is 90.7 cm³/mol. The molecule has 1 N–H and O–H groups in total. The van der Waals surface area contributed by atoms with Gasteiger partial charge in [-0.2, -0.15) is 0 Å². The highest BCUT2D eigenvalue weighted by molar-refractivity contribution is 7.99. The van der Waals surface area contributed by atoms with Crippen LogP contribution in [0.1, 0.15) is 5.82 Å². The molecule has 122 valence electrons. The van der Waals surface area contributed by atoms with Crippen LogP contribution in [0, 0.1) is 0 Å². The van der Waals surface area contributed by atoms with Gasteiger partial charge in [-0.3, -0.25) is 4.79 Å². The van der Waals surface area contributed by atoms with E-state index in [-0.39, 0.29) is 18.3 Å². The molecule has 0 bridgehead atoms. The van der Waals surface area contributed by atoms with Gasteiger partial charge < -0.3 is 14.6 Å². The molecule has 0 radical (unpaired) electrons. The minimum atomic E-state index is -0.0771. The Labute approximate surface area is 143 Å². The summed E-state index contributed by atoms with van der Waals surface area (Å²) in [6.45, 7) is 4.25. The van der Waals surface area contributed by atoms with Crippen LogP contribution in [0.4, 0.5) is 0 Å². The minimum absolute atomic E-state index is 0.0771. The maximum atomic E-state index is 11.6. The van der Waals surface area contributed by atoms with Crippen molar-refractivity contribution < 1.29 is 9.53 Å². The molecule has 1 aromatic heterocycles. The summed E-state index contributed by atoms with van der Waals surface area (Å²) < 4.78 is 7.43. The Balaban J connectivity index is 1.90. The van der Waals surface area contributed by atoms with Crippen molar-refractivity contribution in [3.8, 4) is 5.75 Å². The number of nitrogens with one attached hydrogen (secondary N) is 1. The molecular formula is C15H17ClN4O2S. The molecule has 2 aromatic rings. The molecule has 8 heteroatoms. The third-order valence-electron chi connectivity index (χ3n) is 2.89. The standard InChI is InChI=1S/C15H17ClN4O2S/c1-3-8-17-14(21)10-23-15-19-18-13(20(15)2)9-22-12-7-5-4-6-11(12)16/h3-7H,1,8-10H2,2H3,(H,17,21). The third-order valence-corrected chi connectivity index (χ3v) is 4.23. The van der Waals surface area contributed by atoms with Crippen LogP contribution in [0.2, 0.25) is 5.02 Å². The van der Waals surface area contributed by atoms with Gasteiger partial charge in [0.15, 0.2) is 11.0 Å². The molecule has 1 heterocycles. The van der Waals surface area contributed by atoms with Crippen LogP contribution < -0.4 is 10.1 Å². The molecule has 0 aliphatic carbocycles. The van der Waals surface area contributed by atoms with Gasteiger partial charge in [-0.15, -0.1) is 16.8 Å². The van der Waals surface area contributed by atoms with Crippen LogP contribution in [0.3, 0.4) is 0 Å². The average molecular weight is 353 g/mol. The van der Waals surface area contributed by atoms with Crippen LogP contribution in [0.5, 0.6) is 5.75 Å². The lowest BCUT2D eigenvalue weighted by Gasteiger charge is -2.07. The summed E-state index contributed by atoms with van der Waals surface area (Å²) >= 11 is 7.35. The van der Waals surface area contributed by atoms with Crippen LogP contribution in [-0.2, 0) is 18.4 Å². The summed E-state index contributed by atoms with van der Waals surface area (Å²) in [5.74, 6) is 1.44. The van der Waals surface area contributed by atoms with Gasteiger partial charge in [0.25, 0.3) is 0 Å². The second-order valence-corrected chi connectivity index (χ2v) is 5.91. The van der Waals surface area contributed by atoms with Crippen molar-refractivity contribution in [2.45, 2.75) is 11.8 Å². The van der Waals surface area contributed by atoms with Crippen molar-refractivity contribution in [1.29, 1.82) is 0 Å². The molecule has 0 atom stereocenters. The summed E-state index contributed by atoms with van der Waals surface area (Å²) in [5, 5.41) is 12.0. The number of aromatic nitrogens is 3. The van der Waals surface area contributed by atoms with Gasteiger partial charge in [0.2, 0.25) is 5.91 Å². The van der Waals surface area contributed by atoms with Crippen LogP contribution in [0.15, 0.2) is 42.1 Å². The first-order chi connectivity index (χ1) is 11.1. The van der Waals surface area contributed by atoms with Crippen molar-refractivity contribution in [2.24, 2.45) is 7.05 Å². The molecule has 1 amide bonds. The van der Waals surface area contributed by atoms with Crippen molar-refractivity contribution in [3.05, 3.63) is 47.8 Å². The second kappa shape index (κ2) is 8.59. The minimum Gasteiger partial charge on any atom is -0.484 e. The highest BCUT2D eigenvalue weighted by Gasteiger charge is 2.12. The van der Waals surface area contributed by atoms with Crippen LogP contribution >= 0.6 is 23.4 Å². The largest absolute Gasteiger partial charge is 0.484 e. The van der Waals surface area contributed by atoms with E-state index in [1.807, 2.05) is 19.2 Å². The molecule has 0 saturated heterocycles. The number of ether oxygens (including phenoxy) is 1. The van der Waals surface area contributed by atoms with Gasteiger partial charge in [-0.25, -0.2) is 0 Å². The maximum absolute atomic E-state index is 11.6. The highest BCUT2D eigenvalue weighted by atomic mass is 35.5. The van der Waals surface area contributed by atoms with E-state index in [1.165, 1.54) is 11.8 Å². The number of thioether (sulfide) groups is 1. The zero-order valence-electron chi connectivity index (χ0n) is 12.7. The fourth-order valence-electron chi connectivity index (χ4n) is 1.67. The number of benzene rings is 1. The predicted octanol–water partition coefficient (Wildman–Crippen LogP) is 2.44. The first-order valence-corrected chi connectivity index (χ1v) is 8.24. The molecule has 1 aromatic carbocycles. The monoisotopic (exact) mass is 352 g/mol. The molecule has 23 heavy (non-hydrogen) atoms. The molecule has 0 spiro atoms. The first-order valence-electron chi connectivity index (χ1n) is 6.87. The SMILES string of the molecule is C=CCNC(=O)CSc1nnc(COc2ccccc2Cl)n1C. The Hall–Kier alpha value is -1.99. The first kappa shape index (κ1) is 17.4. The Kier molecular flexibility index (Phi) is 6.49. The van der Waals surface area contributed by atoms with Gasteiger partial charge in [0.05, 0.1) is 10.8 Å². The van der Waals surface area contributed by atoms with Gasteiger partial charge in [-0.05, 0) is 12.1 Å². The van der Waals surface area contributed by atoms with Crippen molar-refractivity contribution in [2.75, 3.05) is 12.3 Å². The number of hydrogen-bond acceptors (Lipinski definition) is 5. The molecular weight excluding hydrogens is 336 g/mol. The molecule has 0 saturated carbocycles. The topological polar surface area (TPSA) is 69.0 Å². The summed E-state index contributed by atoms with van der Waals surface area (Å²) in [6, 6.07) is 7.24. The zero-order chi connectivity index (χ0) is 16.7. The van der Waals surface area contributed by atoms with E-state index in [9.17, 15) is 4.79 Å². The molecule has 0 aliphatic heterocycles. The van der Waals surface area contributed by atoms with E-state index in [0.717, 1.165) is 0 Å². The summed E-state index contributed by atoms with van der Waals surface area (Å²) in [5.41, 5.74) is 0. The van der Waals surface area contributed by atoms with E-state index in [0.29, 0.717) is 28.3 Å². The zero-order valence-corrected chi connectivity index (χ0v) is 14.2. The molecule has 2 rings (SSSR count). The van der Waals surface area contributed by atoms with E-state index < -0.39 is 0 Å². The summed E-state index contributed by atoms with van der Waals surface area (Å²) in [6.07, 6.45) is 1.63. The van der Waals surface area contributed by atoms with Gasteiger partial charge in [0, 0.05) is 13.6 Å². The quantitative estimate of drug-likeness (QED) is 0.583. The lowest BCUT2D eigenvalue weighted by atomic mass is 10.3. The number of para-hydroxylation sites is 1. The van der Waals surface area contributed by atoms with E-state index in [1.54, 1.807) is 22.8 Å². The van der Waals surface area contributed by atoms with E-state index >= 15 is 0 Å². The fourth-order valence-corrected chi connectivity index (χ4v) is 2.62. The van der Waals surface area contributed by atoms with Crippen molar-refractivity contribution in [1.82, 2.24) is 20.1 Å². The average Bonchev–Trinajstić information content (AvgIpc) is 2.90. The number of rotatable bonds is 8. The van der Waals surface area contributed by atoms with Gasteiger partial charge in [-0.1, -0.05) is 41.6 Å². The van der Waals surface area contributed by atoms with Crippen LogP contribution in [0.25, 0.3) is 0 Å². The second-order valence-electron chi connectivity index (χ2n) is 4.56. The van der Waals surface area contributed by atoms with E-state index in [2.05, 4.69) is 22.1 Å². The fraction of sp³-hybridized carbons (Fsp3) is 0.267. The number of carbonyl (C=O) groups is 1. The number of amides is 1. The Bertz CT molecular complexity index is 690. The smallest absolute Gasteiger partial charge is 0.230 e. The lowest BCUT2D eigenvalue weighted by Crippen LogP contribution is -2.25. The Morgan fingerprint density at radius 2 is 2.26 bits per heavy atom. The Morgan fingerprint density at radius 3 is 3.00 bits per heavy atom. The van der Waals surface area contributed by atoms with Crippen molar-refractivity contribution >= 4 is 29.3 Å². The summed E-state index contributed by atoms with van der Waals surface area (Å²) in [4.78, 5) is 11.6. The molecule has 0 fully saturated rings. The van der Waals surface area contributed by atoms with Crippen LogP contribution in [-0.4, -0.2) is 33.0 Å². The highest BCUT2D eigenvalue weighted by Crippen LogP contribution is 2.24. The molecule has 0 unspecified atom stereocenters. The number of carbonyl (C=O) groups excluding carboxylic acids is 1. The van der Waals surface area contributed by atoms with Gasteiger partial charge in [0.1, 0.15) is 12.4 Å². The normalized spacial score (nSPS) is 10.3. The number of hydrogen-bond donors (Lipinski definition) is 1. The molecule has 0 aliphatic rings.